The fourth-order valence-electron chi connectivity index (χ4n) is 4.69. The topological polar surface area (TPSA) is 96.9 Å². The number of anilines is 1. The normalized spacial score (nSPS) is 18.4. The molecule has 2 aliphatic rings. The summed E-state index contributed by atoms with van der Waals surface area (Å²) in [6.07, 6.45) is 1.65. The molecule has 2 aliphatic heterocycles. The number of amides is 1. The number of carbonyl (C=O) groups excluding carboxylic acids is 1. The van der Waals surface area contributed by atoms with E-state index in [0.717, 1.165) is 37.4 Å². The summed E-state index contributed by atoms with van der Waals surface area (Å²) in [6.45, 7) is 3.51. The minimum absolute atomic E-state index is 0.110. The Labute approximate surface area is 196 Å². The first-order valence-corrected chi connectivity index (χ1v) is 11.6. The van der Waals surface area contributed by atoms with E-state index in [9.17, 15) is 14.4 Å². The van der Waals surface area contributed by atoms with E-state index in [0.29, 0.717) is 36.2 Å². The van der Waals surface area contributed by atoms with Gasteiger partial charge in [0.1, 0.15) is 5.75 Å². The van der Waals surface area contributed by atoms with Crippen molar-refractivity contribution in [3.8, 4) is 5.75 Å². The van der Waals surface area contributed by atoms with Crippen LogP contribution in [-0.2, 0) is 11.3 Å². The molecule has 0 radical (unpaired) electrons. The molecule has 3 heterocycles. The van der Waals surface area contributed by atoms with E-state index in [4.69, 9.17) is 9.47 Å². The van der Waals surface area contributed by atoms with E-state index in [-0.39, 0.29) is 24.1 Å². The van der Waals surface area contributed by atoms with E-state index in [1.807, 2.05) is 24.3 Å². The van der Waals surface area contributed by atoms with Crippen LogP contribution in [0.25, 0.3) is 10.9 Å². The molecule has 178 valence electrons. The molecule has 34 heavy (non-hydrogen) atoms. The number of ether oxygens (including phenoxy) is 2. The number of carbonyl (C=O) groups is 1. The summed E-state index contributed by atoms with van der Waals surface area (Å²) in [5, 5.41) is 0.387. The number of piperazine rings is 1. The fourth-order valence-corrected chi connectivity index (χ4v) is 4.69. The van der Waals surface area contributed by atoms with Gasteiger partial charge in [-0.3, -0.25) is 14.2 Å². The third kappa shape index (κ3) is 4.31. The molecule has 5 rings (SSSR count). The number of nitrogens with zero attached hydrogens (tertiary/aromatic N) is 3. The van der Waals surface area contributed by atoms with Crippen molar-refractivity contribution in [2.24, 2.45) is 0 Å². The summed E-state index contributed by atoms with van der Waals surface area (Å²) in [4.78, 5) is 45.4. The molecule has 0 spiro atoms. The highest BCUT2D eigenvalue weighted by atomic mass is 16.5. The van der Waals surface area contributed by atoms with Gasteiger partial charge in [0.25, 0.3) is 11.5 Å². The lowest BCUT2D eigenvalue weighted by Crippen LogP contribution is -2.48. The number of fused-ring (bicyclic) bond motifs is 1. The molecule has 1 amide bonds. The average molecular weight is 465 g/mol. The Morgan fingerprint density at radius 3 is 2.53 bits per heavy atom. The number of hydrogen-bond donors (Lipinski definition) is 1. The summed E-state index contributed by atoms with van der Waals surface area (Å²) in [5.41, 5.74) is 1.08. The van der Waals surface area contributed by atoms with Crippen LogP contribution in [0.15, 0.2) is 52.1 Å². The van der Waals surface area contributed by atoms with Gasteiger partial charge in [0.15, 0.2) is 0 Å². The Hall–Kier alpha value is -3.59. The number of aromatic nitrogens is 2. The van der Waals surface area contributed by atoms with Crippen molar-refractivity contribution in [3.05, 3.63) is 68.9 Å². The SMILES string of the molecule is COc1ccc(N2CCN(C(=O)c3ccc4c(=O)n(C[C@H]5CCCO5)c(=O)[nH]c4c3)CC2)cc1. The molecule has 0 unspecified atom stereocenters. The zero-order valence-corrected chi connectivity index (χ0v) is 19.2. The van der Waals surface area contributed by atoms with Crippen molar-refractivity contribution in [2.45, 2.75) is 25.5 Å². The third-order valence-electron chi connectivity index (χ3n) is 6.64. The number of hydrogen-bond acceptors (Lipinski definition) is 6. The van der Waals surface area contributed by atoms with Crippen LogP contribution in [0.5, 0.6) is 5.75 Å². The largest absolute Gasteiger partial charge is 0.497 e. The van der Waals surface area contributed by atoms with Gasteiger partial charge in [-0.05, 0) is 55.3 Å². The van der Waals surface area contributed by atoms with E-state index < -0.39 is 5.69 Å². The standard InChI is InChI=1S/C25H28N4O5/c1-33-19-7-5-18(6-8-19)27-10-12-28(13-11-27)23(30)17-4-9-21-22(15-17)26-25(32)29(24(21)31)16-20-3-2-14-34-20/h4-9,15,20H,2-3,10-14,16H2,1H3,(H,26,32)/t20-/m1/s1. The quantitative estimate of drug-likeness (QED) is 0.619. The Balaban J connectivity index is 1.30. The van der Waals surface area contributed by atoms with Crippen molar-refractivity contribution in [2.75, 3.05) is 44.8 Å². The lowest BCUT2D eigenvalue weighted by molar-refractivity contribution is 0.0747. The second-order valence-corrected chi connectivity index (χ2v) is 8.72. The maximum atomic E-state index is 13.1. The average Bonchev–Trinajstić information content (AvgIpc) is 3.39. The Bertz CT molecular complexity index is 1300. The zero-order valence-electron chi connectivity index (χ0n) is 19.2. The first-order valence-electron chi connectivity index (χ1n) is 11.6. The van der Waals surface area contributed by atoms with Gasteiger partial charge in [-0.2, -0.15) is 0 Å². The van der Waals surface area contributed by atoms with Crippen LogP contribution in [0.2, 0.25) is 0 Å². The fraction of sp³-hybridized carbons (Fsp3) is 0.400. The van der Waals surface area contributed by atoms with Crippen LogP contribution in [-0.4, -0.2) is 66.4 Å². The molecule has 0 bridgehead atoms. The second-order valence-electron chi connectivity index (χ2n) is 8.72. The van der Waals surface area contributed by atoms with Crippen LogP contribution in [0.3, 0.4) is 0 Å². The Morgan fingerprint density at radius 2 is 1.85 bits per heavy atom. The molecule has 3 aromatic rings. The van der Waals surface area contributed by atoms with E-state index in [1.54, 1.807) is 30.2 Å². The molecule has 0 saturated carbocycles. The predicted molar refractivity (Wildman–Crippen MR) is 129 cm³/mol. The molecule has 1 atom stereocenters. The van der Waals surface area contributed by atoms with Gasteiger partial charge >= 0.3 is 5.69 Å². The second kappa shape index (κ2) is 9.34. The predicted octanol–water partition coefficient (Wildman–Crippen LogP) is 1.84. The van der Waals surface area contributed by atoms with Crippen molar-refractivity contribution < 1.29 is 14.3 Å². The molecule has 2 fully saturated rings. The number of benzene rings is 2. The van der Waals surface area contributed by atoms with Crippen molar-refractivity contribution in [1.82, 2.24) is 14.5 Å². The highest BCUT2D eigenvalue weighted by Gasteiger charge is 2.24. The highest BCUT2D eigenvalue weighted by Crippen LogP contribution is 2.21. The Kier molecular flexibility index (Phi) is 6.10. The smallest absolute Gasteiger partial charge is 0.328 e. The van der Waals surface area contributed by atoms with Gasteiger partial charge in [0, 0.05) is 44.0 Å². The lowest BCUT2D eigenvalue weighted by atomic mass is 10.1. The molecule has 1 N–H and O–H groups in total. The van der Waals surface area contributed by atoms with Crippen LogP contribution < -0.4 is 20.9 Å². The number of rotatable bonds is 5. The van der Waals surface area contributed by atoms with E-state index in [1.165, 1.54) is 4.57 Å². The number of aromatic amines is 1. The van der Waals surface area contributed by atoms with Gasteiger partial charge in [-0.25, -0.2) is 4.79 Å². The molecule has 9 heteroatoms. The molecular formula is C25H28N4O5. The summed E-state index contributed by atoms with van der Waals surface area (Å²) >= 11 is 0. The maximum absolute atomic E-state index is 13.1. The number of nitrogens with one attached hydrogen (secondary N) is 1. The van der Waals surface area contributed by atoms with Crippen LogP contribution in [0, 0.1) is 0 Å². The lowest BCUT2D eigenvalue weighted by Gasteiger charge is -2.36. The van der Waals surface area contributed by atoms with E-state index >= 15 is 0 Å². The van der Waals surface area contributed by atoms with Gasteiger partial charge in [-0.15, -0.1) is 0 Å². The first kappa shape index (κ1) is 22.2. The number of H-pyrrole nitrogens is 1. The molecular weight excluding hydrogens is 436 g/mol. The third-order valence-corrected chi connectivity index (χ3v) is 6.64. The summed E-state index contributed by atoms with van der Waals surface area (Å²) < 4.78 is 12.0. The van der Waals surface area contributed by atoms with Crippen LogP contribution >= 0.6 is 0 Å². The number of methoxy groups -OCH3 is 1. The maximum Gasteiger partial charge on any atom is 0.328 e. The molecule has 1 aromatic heterocycles. The zero-order chi connectivity index (χ0) is 23.7. The van der Waals surface area contributed by atoms with Crippen molar-refractivity contribution >= 4 is 22.5 Å². The van der Waals surface area contributed by atoms with Crippen LogP contribution in [0.4, 0.5) is 5.69 Å². The first-order chi connectivity index (χ1) is 16.5. The summed E-state index contributed by atoms with van der Waals surface area (Å²) in [6, 6.07) is 12.8. The van der Waals surface area contributed by atoms with E-state index in [2.05, 4.69) is 9.88 Å². The molecule has 0 aliphatic carbocycles. The highest BCUT2D eigenvalue weighted by molar-refractivity contribution is 5.97. The van der Waals surface area contributed by atoms with Gasteiger partial charge < -0.3 is 24.3 Å². The van der Waals surface area contributed by atoms with Gasteiger partial charge in [0.05, 0.1) is 30.7 Å². The van der Waals surface area contributed by atoms with Crippen molar-refractivity contribution in [3.63, 3.8) is 0 Å². The minimum atomic E-state index is -0.481. The van der Waals surface area contributed by atoms with Crippen LogP contribution in [0.1, 0.15) is 23.2 Å². The van der Waals surface area contributed by atoms with Crippen molar-refractivity contribution in [1.29, 1.82) is 0 Å². The van der Waals surface area contributed by atoms with Gasteiger partial charge in [0.2, 0.25) is 0 Å². The monoisotopic (exact) mass is 464 g/mol. The summed E-state index contributed by atoms with van der Waals surface area (Å²) in [7, 11) is 1.64. The summed E-state index contributed by atoms with van der Waals surface area (Å²) in [5.74, 6) is 0.700. The molecule has 2 saturated heterocycles. The molecule has 9 nitrogen and oxygen atoms in total. The van der Waals surface area contributed by atoms with Gasteiger partial charge in [-0.1, -0.05) is 0 Å². The minimum Gasteiger partial charge on any atom is -0.497 e. The Morgan fingerprint density at radius 1 is 1.09 bits per heavy atom. The molecule has 2 aromatic carbocycles.